The first-order valence-corrected chi connectivity index (χ1v) is 8.90. The molecule has 2 aliphatic heterocycles. The van der Waals surface area contributed by atoms with Gasteiger partial charge in [-0.3, -0.25) is 9.69 Å². The van der Waals surface area contributed by atoms with Crippen LogP contribution in [0, 0.1) is 0 Å². The highest BCUT2D eigenvalue weighted by Gasteiger charge is 2.37. The molecule has 144 valence electrons. The van der Waals surface area contributed by atoms with Crippen LogP contribution in [0.3, 0.4) is 0 Å². The van der Waals surface area contributed by atoms with E-state index in [4.69, 9.17) is 14.2 Å². The number of carbonyl (C=O) groups excluding carboxylic acids is 3. The number of likely N-dealkylation sites (tertiary alicyclic amines) is 1. The van der Waals surface area contributed by atoms with Gasteiger partial charge < -0.3 is 19.5 Å². The summed E-state index contributed by atoms with van der Waals surface area (Å²) in [6, 6.07) is 8.67. The molecule has 1 saturated heterocycles. The van der Waals surface area contributed by atoms with Crippen LogP contribution in [0.2, 0.25) is 0 Å². The third-order valence-corrected chi connectivity index (χ3v) is 4.33. The van der Waals surface area contributed by atoms with Crippen molar-refractivity contribution in [3.63, 3.8) is 0 Å². The highest BCUT2D eigenvalue weighted by atomic mass is 16.7. The molecule has 0 aromatic heterocycles. The van der Waals surface area contributed by atoms with Crippen LogP contribution in [0.15, 0.2) is 42.1 Å². The van der Waals surface area contributed by atoms with Crippen molar-refractivity contribution < 1.29 is 28.6 Å². The molecule has 2 aliphatic rings. The zero-order valence-corrected chi connectivity index (χ0v) is 15.1. The standard InChI is InChI=1S/C19H22N2O6/c1-2-25-18-14(11-16(22)27-18)20-17(23)15-9-6-10-21(15)19(24)26-12-13-7-4-3-5-8-13/h3-5,7-8,11,15,18H,2,6,9-10,12H2,1H3,(H,20,23)/t15-,18?/m0/s1. The van der Waals surface area contributed by atoms with Gasteiger partial charge in [-0.25, -0.2) is 9.59 Å². The monoisotopic (exact) mass is 374 g/mol. The van der Waals surface area contributed by atoms with Crippen molar-refractivity contribution in [2.75, 3.05) is 13.2 Å². The first kappa shape index (κ1) is 18.9. The Bertz CT molecular complexity index is 733. The predicted octanol–water partition coefficient (Wildman–Crippen LogP) is 1.71. The summed E-state index contributed by atoms with van der Waals surface area (Å²) in [5, 5.41) is 2.65. The average molecular weight is 374 g/mol. The summed E-state index contributed by atoms with van der Waals surface area (Å²) in [6.07, 6.45) is 0.942. The lowest BCUT2D eigenvalue weighted by Gasteiger charge is -2.24. The number of cyclic esters (lactones) is 1. The highest BCUT2D eigenvalue weighted by Crippen LogP contribution is 2.21. The SMILES string of the molecule is CCOC1OC(=O)C=C1NC(=O)[C@@H]1CCCN1C(=O)OCc1ccccc1. The second-order valence-corrected chi connectivity index (χ2v) is 6.20. The third-order valence-electron chi connectivity index (χ3n) is 4.33. The van der Waals surface area contributed by atoms with E-state index in [-0.39, 0.29) is 12.3 Å². The fourth-order valence-corrected chi connectivity index (χ4v) is 3.05. The van der Waals surface area contributed by atoms with Crippen LogP contribution in [-0.4, -0.2) is 48.4 Å². The minimum absolute atomic E-state index is 0.143. The molecule has 0 saturated carbocycles. The Morgan fingerprint density at radius 1 is 1.30 bits per heavy atom. The zero-order chi connectivity index (χ0) is 19.2. The lowest BCUT2D eigenvalue weighted by atomic mass is 10.2. The number of hydrogen-bond donors (Lipinski definition) is 1. The summed E-state index contributed by atoms with van der Waals surface area (Å²) in [7, 11) is 0. The van der Waals surface area contributed by atoms with Gasteiger partial charge >= 0.3 is 12.1 Å². The smallest absolute Gasteiger partial charge is 0.410 e. The first-order valence-electron chi connectivity index (χ1n) is 8.90. The van der Waals surface area contributed by atoms with Crippen LogP contribution in [0.1, 0.15) is 25.3 Å². The molecule has 1 N–H and O–H groups in total. The topological polar surface area (TPSA) is 94.2 Å². The van der Waals surface area contributed by atoms with Gasteiger partial charge in [-0.1, -0.05) is 30.3 Å². The van der Waals surface area contributed by atoms with Crippen molar-refractivity contribution in [3.8, 4) is 0 Å². The van der Waals surface area contributed by atoms with E-state index in [1.54, 1.807) is 6.92 Å². The Morgan fingerprint density at radius 3 is 2.81 bits per heavy atom. The number of carbonyl (C=O) groups is 3. The fraction of sp³-hybridized carbons (Fsp3) is 0.421. The molecule has 8 nitrogen and oxygen atoms in total. The summed E-state index contributed by atoms with van der Waals surface area (Å²) in [5.74, 6) is -0.965. The molecule has 8 heteroatoms. The molecule has 0 spiro atoms. The van der Waals surface area contributed by atoms with E-state index in [2.05, 4.69) is 5.32 Å². The Morgan fingerprint density at radius 2 is 2.07 bits per heavy atom. The van der Waals surface area contributed by atoms with Crippen molar-refractivity contribution in [2.24, 2.45) is 0 Å². The molecular formula is C19H22N2O6. The molecule has 1 aromatic rings. The molecule has 2 atom stereocenters. The van der Waals surface area contributed by atoms with Crippen LogP contribution >= 0.6 is 0 Å². The number of hydrogen-bond acceptors (Lipinski definition) is 6. The van der Waals surface area contributed by atoms with Gasteiger partial charge in [0.05, 0.1) is 5.70 Å². The quantitative estimate of drug-likeness (QED) is 0.762. The van der Waals surface area contributed by atoms with Gasteiger partial charge in [-0.05, 0) is 25.3 Å². The van der Waals surface area contributed by atoms with Crippen LogP contribution in [-0.2, 0) is 30.4 Å². The van der Waals surface area contributed by atoms with E-state index in [1.807, 2.05) is 30.3 Å². The van der Waals surface area contributed by atoms with Crippen molar-refractivity contribution in [1.82, 2.24) is 10.2 Å². The lowest BCUT2D eigenvalue weighted by Crippen LogP contribution is -2.46. The number of nitrogens with zero attached hydrogens (tertiary/aromatic N) is 1. The van der Waals surface area contributed by atoms with Crippen molar-refractivity contribution >= 4 is 18.0 Å². The number of ether oxygens (including phenoxy) is 3. The number of esters is 1. The zero-order valence-electron chi connectivity index (χ0n) is 15.1. The minimum atomic E-state index is -0.925. The first-order chi connectivity index (χ1) is 13.1. The summed E-state index contributed by atoms with van der Waals surface area (Å²) < 4.78 is 15.6. The van der Waals surface area contributed by atoms with E-state index < -0.39 is 30.3 Å². The number of nitrogens with one attached hydrogen (secondary N) is 1. The van der Waals surface area contributed by atoms with E-state index in [0.29, 0.717) is 26.0 Å². The lowest BCUT2D eigenvalue weighted by molar-refractivity contribution is -0.159. The van der Waals surface area contributed by atoms with Crippen molar-refractivity contribution in [2.45, 2.75) is 38.7 Å². The molecule has 0 bridgehead atoms. The largest absolute Gasteiger partial charge is 0.445 e. The van der Waals surface area contributed by atoms with Crippen molar-refractivity contribution in [1.29, 1.82) is 0 Å². The molecule has 2 amide bonds. The van der Waals surface area contributed by atoms with E-state index in [0.717, 1.165) is 5.56 Å². The van der Waals surface area contributed by atoms with Gasteiger partial charge in [-0.2, -0.15) is 0 Å². The van der Waals surface area contributed by atoms with Gasteiger partial charge in [0.2, 0.25) is 12.2 Å². The van der Waals surface area contributed by atoms with Crippen LogP contribution in [0.25, 0.3) is 0 Å². The van der Waals surface area contributed by atoms with Gasteiger partial charge in [0.1, 0.15) is 12.6 Å². The molecule has 1 aromatic carbocycles. The maximum atomic E-state index is 12.6. The normalized spacial score (nSPS) is 21.6. The average Bonchev–Trinajstić information content (AvgIpc) is 3.28. The van der Waals surface area contributed by atoms with Crippen molar-refractivity contribution in [3.05, 3.63) is 47.7 Å². The number of amides is 2. The van der Waals surface area contributed by atoms with E-state index in [1.165, 1.54) is 11.0 Å². The molecule has 0 radical (unpaired) electrons. The Labute approximate surface area is 157 Å². The summed E-state index contributed by atoms with van der Waals surface area (Å²) >= 11 is 0. The molecule has 0 aliphatic carbocycles. The van der Waals surface area contributed by atoms with E-state index in [9.17, 15) is 14.4 Å². The van der Waals surface area contributed by atoms with Crippen LogP contribution in [0.5, 0.6) is 0 Å². The summed E-state index contributed by atoms with van der Waals surface area (Å²) in [6.45, 7) is 2.67. The molecular weight excluding hydrogens is 352 g/mol. The minimum Gasteiger partial charge on any atom is -0.445 e. The molecule has 2 heterocycles. The van der Waals surface area contributed by atoms with Gasteiger partial charge in [0.15, 0.2) is 0 Å². The molecule has 1 fully saturated rings. The summed E-state index contributed by atoms with van der Waals surface area (Å²) in [5.41, 5.74) is 1.12. The number of rotatable bonds is 6. The second-order valence-electron chi connectivity index (χ2n) is 6.20. The Kier molecular flexibility index (Phi) is 6.08. The maximum Gasteiger partial charge on any atom is 0.410 e. The molecule has 27 heavy (non-hydrogen) atoms. The van der Waals surface area contributed by atoms with Gasteiger partial charge in [-0.15, -0.1) is 0 Å². The fourth-order valence-electron chi connectivity index (χ4n) is 3.05. The van der Waals surface area contributed by atoms with Gasteiger partial charge in [0, 0.05) is 19.2 Å². The van der Waals surface area contributed by atoms with Crippen LogP contribution in [0.4, 0.5) is 4.79 Å². The van der Waals surface area contributed by atoms with Crippen LogP contribution < -0.4 is 5.32 Å². The summed E-state index contributed by atoms with van der Waals surface area (Å²) in [4.78, 5) is 37.8. The van der Waals surface area contributed by atoms with E-state index >= 15 is 0 Å². The second kappa shape index (κ2) is 8.68. The Balaban J connectivity index is 1.58. The predicted molar refractivity (Wildman–Crippen MR) is 94.1 cm³/mol. The van der Waals surface area contributed by atoms with Gasteiger partial charge in [0.25, 0.3) is 0 Å². The third kappa shape index (κ3) is 4.65. The highest BCUT2D eigenvalue weighted by molar-refractivity contribution is 5.91. The maximum absolute atomic E-state index is 12.6. The Hall–Kier alpha value is -2.87. The molecule has 1 unspecified atom stereocenters. The number of benzene rings is 1. The molecule has 3 rings (SSSR count).